The molecule has 1 saturated carbocycles. The summed E-state index contributed by atoms with van der Waals surface area (Å²) in [7, 11) is 5.14. The molecule has 2 N–H and O–H groups in total. The van der Waals surface area contributed by atoms with Crippen molar-refractivity contribution < 1.29 is 15.0 Å². The van der Waals surface area contributed by atoms with Gasteiger partial charge in [-0.25, -0.2) is 10.2 Å². The lowest BCUT2D eigenvalue weighted by Gasteiger charge is -2.61. The normalized spacial score (nSPS) is 23.6. The summed E-state index contributed by atoms with van der Waals surface area (Å²) in [5, 5.41) is 27.0. The van der Waals surface area contributed by atoms with Crippen molar-refractivity contribution in [3.8, 4) is 11.3 Å². The molecule has 0 saturated heterocycles. The van der Waals surface area contributed by atoms with Crippen LogP contribution >= 0.6 is 0 Å². The second kappa shape index (κ2) is 7.51. The maximum Gasteiger partial charge on any atom is 0.331 e. The number of rotatable bonds is 4. The van der Waals surface area contributed by atoms with Crippen LogP contribution in [0.3, 0.4) is 0 Å². The van der Waals surface area contributed by atoms with Gasteiger partial charge < -0.3 is 19.7 Å². The molecule has 3 aromatic rings. The average Bonchev–Trinajstić information content (AvgIpc) is 3.01. The van der Waals surface area contributed by atoms with Crippen LogP contribution in [0.25, 0.3) is 22.2 Å². The van der Waals surface area contributed by atoms with Crippen molar-refractivity contribution in [2.75, 3.05) is 14.1 Å². The number of nitrogens with one attached hydrogen (secondary N) is 2. The molecule has 0 spiro atoms. The molecule has 0 bridgehead atoms. The molecule has 2 unspecified atom stereocenters. The predicted molar refractivity (Wildman–Crippen MR) is 108 cm³/mol. The fourth-order valence-electron chi connectivity index (χ4n) is 4.13. The van der Waals surface area contributed by atoms with Crippen LogP contribution in [0.2, 0.25) is 0 Å². The highest BCUT2D eigenvalue weighted by molar-refractivity contribution is 5.93. The molecule has 2 atom stereocenters. The molecule has 29 heavy (non-hydrogen) atoms. The van der Waals surface area contributed by atoms with Crippen molar-refractivity contribution in [2.45, 2.75) is 24.2 Å². The Balaban J connectivity index is 1.72. The topological polar surface area (TPSA) is 95.4 Å². The lowest BCUT2D eigenvalue weighted by molar-refractivity contribution is -0.536. The average molecular weight is 392 g/mol. The molecule has 1 aromatic heterocycles. The van der Waals surface area contributed by atoms with E-state index in [-0.39, 0.29) is 0 Å². The van der Waals surface area contributed by atoms with E-state index in [0.717, 1.165) is 27.7 Å². The summed E-state index contributed by atoms with van der Waals surface area (Å²) in [5.41, 5.74) is 8.73. The molecule has 1 fully saturated rings. The third-order valence-electron chi connectivity index (χ3n) is 5.69. The highest BCUT2D eigenvalue weighted by Gasteiger charge is 2.40. The Bertz CT molecular complexity index is 1020. The Kier molecular flexibility index (Phi) is 5.04. The number of amides is 2. The van der Waals surface area contributed by atoms with E-state index in [4.69, 9.17) is 0 Å². The fourth-order valence-corrected chi connectivity index (χ4v) is 4.13. The summed E-state index contributed by atoms with van der Waals surface area (Å²) in [5.74, 6) is -0.690. The molecule has 2 aromatic carbocycles. The molecular weight excluding hydrogens is 368 g/mol. The van der Waals surface area contributed by atoms with Crippen molar-refractivity contribution in [2.24, 2.45) is 7.05 Å². The zero-order chi connectivity index (χ0) is 20.7. The van der Waals surface area contributed by atoms with Gasteiger partial charge in [-0.15, -0.1) is 12.2 Å². The second-order valence-corrected chi connectivity index (χ2v) is 7.65. The van der Waals surface area contributed by atoms with Gasteiger partial charge in [0.05, 0.1) is 5.69 Å². The summed E-state index contributed by atoms with van der Waals surface area (Å²) in [6.45, 7) is 0. The number of benzene rings is 2. The minimum atomic E-state index is -1.16. The Labute approximate surface area is 169 Å². The van der Waals surface area contributed by atoms with E-state index in [0.29, 0.717) is 0 Å². The molecule has 7 nitrogen and oxygen atoms in total. The Morgan fingerprint density at radius 1 is 1.00 bits per heavy atom. The first-order valence-electron chi connectivity index (χ1n) is 9.59. The van der Waals surface area contributed by atoms with Gasteiger partial charge in [-0.3, -0.25) is 5.43 Å². The smallest absolute Gasteiger partial charge is 0.331 e. The highest BCUT2D eigenvalue weighted by Crippen LogP contribution is 2.44. The largest absolute Gasteiger partial charge is 0.850 e. The predicted octanol–water partition coefficient (Wildman–Crippen LogP) is 0.545. The van der Waals surface area contributed by atoms with E-state index in [1.165, 1.54) is 4.90 Å². The van der Waals surface area contributed by atoms with Gasteiger partial charge in [0.25, 0.3) is 0 Å². The van der Waals surface area contributed by atoms with Crippen molar-refractivity contribution >= 4 is 16.9 Å². The SMILES string of the molecule is CN(C)C(=O)NNC1C([O-])C(c2c(-c3ccccc3)n(C)c3ccccc23)C1[O-]. The highest BCUT2D eigenvalue weighted by atomic mass is 16.3. The van der Waals surface area contributed by atoms with Crippen LogP contribution in [0.1, 0.15) is 11.5 Å². The lowest BCUT2D eigenvalue weighted by atomic mass is 9.69. The summed E-state index contributed by atoms with van der Waals surface area (Å²) >= 11 is 0. The Morgan fingerprint density at radius 3 is 2.28 bits per heavy atom. The van der Waals surface area contributed by atoms with Crippen molar-refractivity contribution in [3.63, 3.8) is 0 Å². The number of hydrazine groups is 1. The number of carbonyl (C=O) groups excluding carboxylic acids is 1. The summed E-state index contributed by atoms with van der Waals surface area (Å²) in [6, 6.07) is 16.4. The zero-order valence-corrected chi connectivity index (χ0v) is 16.6. The first-order valence-corrected chi connectivity index (χ1v) is 9.59. The molecule has 152 valence electrons. The summed E-state index contributed by atoms with van der Waals surface area (Å²) in [4.78, 5) is 13.0. The fraction of sp³-hybridized carbons (Fsp3) is 0.318. The number of hydrogen-bond donors (Lipinski definition) is 2. The standard InChI is InChI=1S/C22H24N4O3/c1-25(2)22(29)24-23-18-20(27)17(21(18)28)16-14-11-7-8-12-15(14)26(3)19(16)13-9-5-4-6-10-13/h4-12,17-18,20-21,23H,1-3H3,(H,24,29)/q-2. The number of hydrogen-bond acceptors (Lipinski definition) is 4. The maximum atomic E-state index is 13.0. The Morgan fingerprint density at radius 2 is 1.62 bits per heavy atom. The van der Waals surface area contributed by atoms with Gasteiger partial charge in [0.2, 0.25) is 0 Å². The van der Waals surface area contributed by atoms with Crippen LogP contribution in [-0.2, 0) is 7.05 Å². The number of aromatic nitrogens is 1. The molecule has 1 heterocycles. The number of para-hydroxylation sites is 1. The van der Waals surface area contributed by atoms with Crippen molar-refractivity contribution in [3.05, 3.63) is 60.2 Å². The number of fused-ring (bicyclic) bond motifs is 1. The second-order valence-electron chi connectivity index (χ2n) is 7.65. The van der Waals surface area contributed by atoms with E-state index in [2.05, 4.69) is 10.9 Å². The van der Waals surface area contributed by atoms with Gasteiger partial charge in [0, 0.05) is 38.1 Å². The molecule has 7 heteroatoms. The molecular formula is C22H24N4O3-2. The number of urea groups is 1. The molecule has 4 rings (SSSR count). The van der Waals surface area contributed by atoms with E-state index in [1.54, 1.807) is 14.1 Å². The molecule has 0 radical (unpaired) electrons. The lowest BCUT2D eigenvalue weighted by Crippen LogP contribution is -2.76. The monoisotopic (exact) mass is 392 g/mol. The van der Waals surface area contributed by atoms with Crippen LogP contribution in [0, 0.1) is 0 Å². The van der Waals surface area contributed by atoms with E-state index < -0.39 is 30.2 Å². The number of aryl methyl sites for hydroxylation is 1. The number of nitrogens with zero attached hydrogens (tertiary/aromatic N) is 2. The van der Waals surface area contributed by atoms with E-state index >= 15 is 0 Å². The van der Waals surface area contributed by atoms with Crippen LogP contribution in [-0.4, -0.2) is 47.8 Å². The van der Waals surface area contributed by atoms with Crippen molar-refractivity contribution in [1.29, 1.82) is 0 Å². The van der Waals surface area contributed by atoms with E-state index in [1.807, 2.05) is 66.2 Å². The Hall–Kier alpha value is -2.87. The van der Waals surface area contributed by atoms with Gasteiger partial charge in [-0.1, -0.05) is 48.5 Å². The van der Waals surface area contributed by atoms with Crippen LogP contribution in [0.4, 0.5) is 4.79 Å². The molecule has 1 aliphatic carbocycles. The first-order chi connectivity index (χ1) is 13.9. The van der Waals surface area contributed by atoms with Gasteiger partial charge in [0.15, 0.2) is 0 Å². The molecule has 1 aliphatic rings. The van der Waals surface area contributed by atoms with Crippen LogP contribution in [0.15, 0.2) is 54.6 Å². The third kappa shape index (κ3) is 3.17. The summed E-state index contributed by atoms with van der Waals surface area (Å²) < 4.78 is 2.05. The van der Waals surface area contributed by atoms with E-state index in [9.17, 15) is 15.0 Å². The first kappa shape index (κ1) is 19.4. The van der Waals surface area contributed by atoms with Gasteiger partial charge in [-0.2, -0.15) is 0 Å². The van der Waals surface area contributed by atoms with Gasteiger partial charge in [-0.05, 0) is 23.1 Å². The third-order valence-corrected chi connectivity index (χ3v) is 5.69. The molecule has 2 amide bonds. The van der Waals surface area contributed by atoms with Crippen molar-refractivity contribution in [1.82, 2.24) is 20.3 Å². The number of carbonyl (C=O) groups is 1. The minimum Gasteiger partial charge on any atom is -0.850 e. The summed E-state index contributed by atoms with van der Waals surface area (Å²) in [6.07, 6.45) is -2.32. The van der Waals surface area contributed by atoms with Gasteiger partial charge in [0.1, 0.15) is 0 Å². The van der Waals surface area contributed by atoms with Crippen LogP contribution < -0.4 is 21.1 Å². The minimum absolute atomic E-state index is 0.400. The maximum absolute atomic E-state index is 13.0. The van der Waals surface area contributed by atoms with Gasteiger partial charge >= 0.3 is 6.03 Å². The quantitative estimate of drug-likeness (QED) is 0.634. The molecule has 0 aliphatic heterocycles. The zero-order valence-electron chi connectivity index (χ0n) is 16.6. The van der Waals surface area contributed by atoms with Crippen LogP contribution in [0.5, 0.6) is 0 Å².